The number of halogens is 3. The Morgan fingerprint density at radius 1 is 1.08 bits per heavy atom. The van der Waals surface area contributed by atoms with E-state index in [0.717, 1.165) is 37.3 Å². The van der Waals surface area contributed by atoms with Crippen LogP contribution >= 0.6 is 0 Å². The Bertz CT molecular complexity index is 1250. The average Bonchev–Trinajstić information content (AvgIpc) is 2.86. The molecule has 192 valence electrons. The number of aromatic nitrogens is 4. The highest BCUT2D eigenvalue weighted by Gasteiger charge is 2.32. The van der Waals surface area contributed by atoms with Gasteiger partial charge < -0.3 is 20.1 Å². The molecule has 1 saturated heterocycles. The molecule has 0 atom stereocenters. The molecule has 36 heavy (non-hydrogen) atoms. The summed E-state index contributed by atoms with van der Waals surface area (Å²) in [6.07, 6.45) is 0.0439. The first kappa shape index (κ1) is 25.4. The number of aryl methyl sites for hydroxylation is 1. The second-order valence-electron chi connectivity index (χ2n) is 8.73. The molecule has 1 aliphatic rings. The van der Waals surface area contributed by atoms with Crippen molar-refractivity contribution in [3.8, 4) is 0 Å². The first-order valence-corrected chi connectivity index (χ1v) is 11.9. The molecule has 3 heterocycles. The summed E-state index contributed by atoms with van der Waals surface area (Å²) in [4.78, 5) is 43.0. The zero-order valence-corrected chi connectivity index (χ0v) is 19.9. The van der Waals surface area contributed by atoms with Gasteiger partial charge in [-0.05, 0) is 31.9 Å². The van der Waals surface area contributed by atoms with Crippen molar-refractivity contribution in [3.63, 3.8) is 0 Å². The van der Waals surface area contributed by atoms with Crippen molar-refractivity contribution in [2.45, 2.75) is 38.8 Å². The van der Waals surface area contributed by atoms with Crippen LogP contribution in [0.5, 0.6) is 0 Å². The standard InChI is InChI=1S/C24H28F3N7O2/c1-16-31-21-18(22(36)32-16)6-5-7-19(21)28-9-4-2-3-8-20(35)33-10-12-34(13-11-33)23-29-14-17(15-30-23)24(25,26)27/h5-7,14-15,28H,2-4,8-13H2,1H3,(H,31,32,36). The van der Waals surface area contributed by atoms with Crippen molar-refractivity contribution in [1.29, 1.82) is 0 Å². The molecular formula is C24H28F3N7O2. The second-order valence-corrected chi connectivity index (χ2v) is 8.73. The van der Waals surface area contributed by atoms with Gasteiger partial charge in [-0.25, -0.2) is 15.0 Å². The number of hydrogen-bond acceptors (Lipinski definition) is 7. The van der Waals surface area contributed by atoms with Crippen molar-refractivity contribution in [2.75, 3.05) is 42.9 Å². The van der Waals surface area contributed by atoms with Crippen molar-refractivity contribution >= 4 is 28.4 Å². The molecule has 0 unspecified atom stereocenters. The minimum absolute atomic E-state index is 0.0731. The van der Waals surface area contributed by atoms with E-state index in [1.165, 1.54) is 0 Å². The number of fused-ring (bicyclic) bond motifs is 1. The van der Waals surface area contributed by atoms with Gasteiger partial charge in [0.25, 0.3) is 5.56 Å². The largest absolute Gasteiger partial charge is 0.419 e. The number of anilines is 2. The molecule has 3 aromatic rings. The Hall–Kier alpha value is -3.70. The number of H-pyrrole nitrogens is 1. The number of nitrogens with one attached hydrogen (secondary N) is 2. The Morgan fingerprint density at radius 3 is 2.50 bits per heavy atom. The van der Waals surface area contributed by atoms with Crippen molar-refractivity contribution in [2.24, 2.45) is 0 Å². The number of piperazine rings is 1. The van der Waals surface area contributed by atoms with E-state index in [1.54, 1.807) is 22.8 Å². The lowest BCUT2D eigenvalue weighted by atomic mass is 10.1. The summed E-state index contributed by atoms with van der Waals surface area (Å²) in [5, 5.41) is 3.88. The van der Waals surface area contributed by atoms with E-state index in [-0.39, 0.29) is 17.4 Å². The highest BCUT2D eigenvalue weighted by Crippen LogP contribution is 2.28. The topological polar surface area (TPSA) is 107 Å². The zero-order chi connectivity index (χ0) is 25.7. The van der Waals surface area contributed by atoms with Crippen LogP contribution in [0, 0.1) is 6.92 Å². The molecule has 1 amide bonds. The SMILES string of the molecule is Cc1nc2c(NCCCCCC(=O)N3CCN(c4ncc(C(F)(F)F)cn4)CC3)cccc2c(=O)[nH]1. The Morgan fingerprint density at radius 2 is 1.81 bits per heavy atom. The predicted molar refractivity (Wildman–Crippen MR) is 130 cm³/mol. The fourth-order valence-corrected chi connectivity index (χ4v) is 4.16. The summed E-state index contributed by atoms with van der Waals surface area (Å²) in [5.41, 5.74) is 0.421. The fraction of sp³-hybridized carbons (Fsp3) is 0.458. The van der Waals surface area contributed by atoms with Crippen LogP contribution in [0.4, 0.5) is 24.8 Å². The zero-order valence-electron chi connectivity index (χ0n) is 19.9. The van der Waals surface area contributed by atoms with Gasteiger partial charge in [0.15, 0.2) is 0 Å². The van der Waals surface area contributed by atoms with Gasteiger partial charge in [0.1, 0.15) is 11.3 Å². The second kappa shape index (κ2) is 10.9. The van der Waals surface area contributed by atoms with Crippen LogP contribution in [0.15, 0.2) is 35.4 Å². The minimum Gasteiger partial charge on any atom is -0.383 e. The van der Waals surface area contributed by atoms with Gasteiger partial charge in [0.2, 0.25) is 11.9 Å². The van der Waals surface area contributed by atoms with Crippen LogP contribution in [-0.4, -0.2) is 63.5 Å². The van der Waals surface area contributed by atoms with Gasteiger partial charge >= 0.3 is 6.18 Å². The lowest BCUT2D eigenvalue weighted by Crippen LogP contribution is -2.49. The predicted octanol–water partition coefficient (Wildman–Crippen LogP) is 3.36. The summed E-state index contributed by atoms with van der Waals surface area (Å²) in [6, 6.07) is 5.46. The molecule has 1 fully saturated rings. The Labute approximate surface area is 205 Å². The van der Waals surface area contributed by atoms with Gasteiger partial charge in [-0.3, -0.25) is 9.59 Å². The number of carbonyl (C=O) groups excluding carboxylic acids is 1. The third-order valence-electron chi connectivity index (χ3n) is 6.12. The van der Waals surface area contributed by atoms with Gasteiger partial charge in [-0.1, -0.05) is 12.5 Å². The third kappa shape index (κ3) is 6.10. The van der Waals surface area contributed by atoms with Crippen LogP contribution in [0.25, 0.3) is 10.9 Å². The van der Waals surface area contributed by atoms with Crippen LogP contribution in [0.3, 0.4) is 0 Å². The number of unbranched alkanes of at least 4 members (excludes halogenated alkanes) is 2. The summed E-state index contributed by atoms with van der Waals surface area (Å²) in [6.45, 7) is 4.36. The number of carbonyl (C=O) groups is 1. The first-order valence-electron chi connectivity index (χ1n) is 11.9. The number of aromatic amines is 1. The Balaban J connectivity index is 1.16. The van der Waals surface area contributed by atoms with Crippen LogP contribution in [0.1, 0.15) is 37.1 Å². The van der Waals surface area contributed by atoms with Crippen molar-refractivity contribution in [3.05, 3.63) is 52.3 Å². The maximum atomic E-state index is 12.7. The lowest BCUT2D eigenvalue weighted by molar-refractivity contribution is -0.138. The van der Waals surface area contributed by atoms with Gasteiger partial charge in [-0.15, -0.1) is 0 Å². The maximum Gasteiger partial charge on any atom is 0.419 e. The van der Waals surface area contributed by atoms with Crippen LogP contribution in [-0.2, 0) is 11.0 Å². The van der Waals surface area contributed by atoms with E-state index in [0.29, 0.717) is 55.9 Å². The highest BCUT2D eigenvalue weighted by molar-refractivity contribution is 5.89. The highest BCUT2D eigenvalue weighted by atomic mass is 19.4. The number of alkyl halides is 3. The number of hydrogen-bond donors (Lipinski definition) is 2. The van der Waals surface area contributed by atoms with Gasteiger partial charge in [0, 0.05) is 51.5 Å². The molecule has 0 aliphatic carbocycles. The smallest absolute Gasteiger partial charge is 0.383 e. The van der Waals surface area contributed by atoms with E-state index in [9.17, 15) is 22.8 Å². The molecule has 4 rings (SSSR count). The number of para-hydroxylation sites is 1. The third-order valence-corrected chi connectivity index (χ3v) is 6.12. The monoisotopic (exact) mass is 503 g/mol. The molecule has 2 N–H and O–H groups in total. The van der Waals surface area contributed by atoms with Crippen molar-refractivity contribution in [1.82, 2.24) is 24.8 Å². The quantitative estimate of drug-likeness (QED) is 0.454. The van der Waals surface area contributed by atoms with E-state index in [1.807, 2.05) is 12.1 Å². The number of nitrogens with zero attached hydrogens (tertiary/aromatic N) is 5. The molecule has 0 saturated carbocycles. The first-order chi connectivity index (χ1) is 17.2. The fourth-order valence-electron chi connectivity index (χ4n) is 4.16. The van der Waals surface area contributed by atoms with E-state index < -0.39 is 11.7 Å². The molecule has 12 heteroatoms. The molecule has 0 bridgehead atoms. The van der Waals surface area contributed by atoms with E-state index in [4.69, 9.17) is 0 Å². The molecule has 0 radical (unpaired) electrons. The minimum atomic E-state index is -4.47. The number of amides is 1. The lowest BCUT2D eigenvalue weighted by Gasteiger charge is -2.34. The molecule has 0 spiro atoms. The average molecular weight is 504 g/mol. The van der Waals surface area contributed by atoms with Gasteiger partial charge in [-0.2, -0.15) is 13.2 Å². The molecular weight excluding hydrogens is 475 g/mol. The molecule has 1 aromatic carbocycles. The molecule has 1 aliphatic heterocycles. The number of rotatable bonds is 8. The van der Waals surface area contributed by atoms with Crippen molar-refractivity contribution < 1.29 is 18.0 Å². The normalized spacial score (nSPS) is 14.3. The number of benzene rings is 1. The molecule has 9 nitrogen and oxygen atoms in total. The van der Waals surface area contributed by atoms with Crippen LogP contribution < -0.4 is 15.8 Å². The molecule has 2 aromatic heterocycles. The summed E-state index contributed by atoms with van der Waals surface area (Å²) in [7, 11) is 0. The summed E-state index contributed by atoms with van der Waals surface area (Å²) in [5.74, 6) is 0.876. The summed E-state index contributed by atoms with van der Waals surface area (Å²) >= 11 is 0. The maximum absolute atomic E-state index is 12.7. The van der Waals surface area contributed by atoms with E-state index >= 15 is 0 Å². The van der Waals surface area contributed by atoms with E-state index in [2.05, 4.69) is 25.3 Å². The van der Waals surface area contributed by atoms with Crippen LogP contribution in [0.2, 0.25) is 0 Å². The Kier molecular flexibility index (Phi) is 7.70. The summed E-state index contributed by atoms with van der Waals surface area (Å²) < 4.78 is 38.0. The van der Waals surface area contributed by atoms with Gasteiger partial charge in [0.05, 0.1) is 16.6 Å².